The minimum atomic E-state index is -1.63. The van der Waals surface area contributed by atoms with E-state index < -0.39 is 22.0 Å². The van der Waals surface area contributed by atoms with Crippen molar-refractivity contribution < 1.29 is 18.9 Å². The minimum Gasteiger partial charge on any atom is -0.480 e. The molecule has 0 spiro atoms. The number of hydrogen-bond donors (Lipinski definition) is 2. The molecule has 0 heterocycles. The van der Waals surface area contributed by atoms with E-state index >= 15 is 0 Å². The van der Waals surface area contributed by atoms with Crippen LogP contribution in [0.5, 0.6) is 0 Å². The van der Waals surface area contributed by atoms with E-state index in [2.05, 4.69) is 5.32 Å². The summed E-state index contributed by atoms with van der Waals surface area (Å²) in [5, 5.41) is 10.7. The monoisotopic (exact) mass is 261 g/mol. The summed E-state index contributed by atoms with van der Waals surface area (Å²) in [6, 6.07) is 0.185. The van der Waals surface area contributed by atoms with Crippen molar-refractivity contribution in [3.05, 3.63) is 0 Å². The zero-order valence-corrected chi connectivity index (χ0v) is 10.8. The van der Waals surface area contributed by atoms with Crippen LogP contribution in [0.2, 0.25) is 0 Å². The first kappa shape index (κ1) is 14.2. The zero-order chi connectivity index (χ0) is 12.8. The van der Waals surface area contributed by atoms with Gasteiger partial charge in [-0.3, -0.25) is 13.8 Å². The number of rotatable bonds is 6. The average Bonchev–Trinajstić information content (AvgIpc) is 2.70. The van der Waals surface area contributed by atoms with E-state index in [0.29, 0.717) is 0 Å². The summed E-state index contributed by atoms with van der Waals surface area (Å²) in [7, 11) is -1.63. The number of hydrogen-bond acceptors (Lipinski definition) is 3. The molecule has 2 N–H and O–H groups in total. The summed E-state index contributed by atoms with van der Waals surface area (Å²) in [5.41, 5.74) is 0. The molecule has 1 amide bonds. The van der Waals surface area contributed by atoms with Gasteiger partial charge in [-0.2, -0.15) is 0 Å². The van der Waals surface area contributed by atoms with E-state index in [1.807, 2.05) is 0 Å². The molecule has 0 aromatic carbocycles. The number of carbonyl (C=O) groups excluding carboxylic acids is 1. The van der Waals surface area contributed by atoms with Gasteiger partial charge in [0, 0.05) is 16.8 Å². The van der Waals surface area contributed by atoms with Crippen LogP contribution < -0.4 is 5.32 Å². The molecule has 0 bridgehead atoms. The lowest BCUT2D eigenvalue weighted by atomic mass is 10.2. The summed E-state index contributed by atoms with van der Waals surface area (Å²) >= 11 is 0. The molecule has 2 unspecified atom stereocenters. The van der Waals surface area contributed by atoms with Crippen LogP contribution in [0.15, 0.2) is 0 Å². The summed E-state index contributed by atoms with van der Waals surface area (Å²) in [6.07, 6.45) is 4.43. The van der Waals surface area contributed by atoms with Gasteiger partial charge in [-0.15, -0.1) is 0 Å². The molecule has 1 saturated carbocycles. The molecule has 1 aliphatic carbocycles. The Bertz CT molecular complexity index is 313. The third-order valence-electron chi connectivity index (χ3n) is 2.96. The summed E-state index contributed by atoms with van der Waals surface area (Å²) in [6.45, 7) is 1.66. The lowest BCUT2D eigenvalue weighted by Crippen LogP contribution is -2.38. The average molecular weight is 261 g/mol. The van der Waals surface area contributed by atoms with Gasteiger partial charge < -0.3 is 10.4 Å². The first-order valence-electron chi connectivity index (χ1n) is 5.94. The van der Waals surface area contributed by atoms with Gasteiger partial charge in [-0.05, 0) is 19.3 Å². The van der Waals surface area contributed by atoms with Gasteiger partial charge in [-0.1, -0.05) is 19.8 Å². The summed E-state index contributed by atoms with van der Waals surface area (Å²) in [4.78, 5) is 22.3. The maximum absolute atomic E-state index is 11.7. The van der Waals surface area contributed by atoms with E-state index in [4.69, 9.17) is 5.11 Å². The second-order valence-corrected chi connectivity index (χ2v) is 5.93. The Morgan fingerprint density at radius 3 is 2.47 bits per heavy atom. The van der Waals surface area contributed by atoms with E-state index in [1.54, 1.807) is 6.92 Å². The van der Waals surface area contributed by atoms with Crippen LogP contribution in [-0.2, 0) is 20.4 Å². The highest BCUT2D eigenvalue weighted by Gasteiger charge is 2.25. The molecule has 1 fully saturated rings. The Kier molecular flexibility index (Phi) is 5.61. The van der Waals surface area contributed by atoms with E-state index in [9.17, 15) is 13.8 Å². The number of nitrogens with one attached hydrogen (secondary N) is 1. The van der Waals surface area contributed by atoms with Crippen molar-refractivity contribution >= 4 is 22.7 Å². The van der Waals surface area contributed by atoms with Crippen molar-refractivity contribution in [1.82, 2.24) is 5.32 Å². The number of carboxylic acid groups (broad SMARTS) is 1. The Hall–Kier alpha value is -0.910. The summed E-state index contributed by atoms with van der Waals surface area (Å²) < 4.78 is 11.7. The van der Waals surface area contributed by atoms with Crippen LogP contribution in [0, 0.1) is 0 Å². The Balaban J connectivity index is 2.38. The van der Waals surface area contributed by atoms with Gasteiger partial charge in [0.05, 0.1) is 0 Å². The topological polar surface area (TPSA) is 83.5 Å². The predicted molar refractivity (Wildman–Crippen MR) is 65.1 cm³/mol. The van der Waals surface area contributed by atoms with Gasteiger partial charge in [0.25, 0.3) is 0 Å². The molecule has 5 nitrogen and oxygen atoms in total. The van der Waals surface area contributed by atoms with Gasteiger partial charge in [-0.25, -0.2) is 0 Å². The van der Waals surface area contributed by atoms with E-state index in [1.165, 1.54) is 0 Å². The van der Waals surface area contributed by atoms with E-state index in [0.717, 1.165) is 25.7 Å². The lowest BCUT2D eigenvalue weighted by molar-refractivity contribution is -0.136. The van der Waals surface area contributed by atoms with Crippen molar-refractivity contribution in [2.75, 3.05) is 5.75 Å². The molecule has 0 aromatic rings. The Morgan fingerprint density at radius 2 is 2.00 bits per heavy atom. The van der Waals surface area contributed by atoms with Gasteiger partial charge >= 0.3 is 5.97 Å². The largest absolute Gasteiger partial charge is 0.480 e. The molecule has 6 heteroatoms. The van der Waals surface area contributed by atoms with Crippen LogP contribution in [0.3, 0.4) is 0 Å². The predicted octanol–water partition coefficient (Wildman–Crippen LogP) is 0.657. The molecule has 0 aromatic heterocycles. The van der Waals surface area contributed by atoms with E-state index in [-0.39, 0.29) is 24.1 Å². The van der Waals surface area contributed by atoms with Crippen molar-refractivity contribution in [2.45, 2.75) is 50.3 Å². The number of aliphatic carboxylic acids is 1. The third kappa shape index (κ3) is 4.46. The Morgan fingerprint density at radius 1 is 1.41 bits per heavy atom. The SMILES string of the molecule is CCC(C(=O)O)S(=O)CC(=O)NC1CCCC1. The molecule has 1 aliphatic rings. The Labute approximate surface area is 103 Å². The molecule has 1 rings (SSSR count). The van der Waals surface area contributed by atoms with Gasteiger partial charge in [0.1, 0.15) is 11.0 Å². The molecule has 0 saturated heterocycles. The molecule has 98 valence electrons. The standard InChI is InChI=1S/C11H19NO4S/c1-2-9(11(14)15)17(16)7-10(13)12-8-5-3-4-6-8/h8-9H,2-7H2,1H3,(H,12,13)(H,14,15). The molecule has 0 aliphatic heterocycles. The van der Waals surface area contributed by atoms with Crippen molar-refractivity contribution in [2.24, 2.45) is 0 Å². The summed E-state index contributed by atoms with van der Waals surface area (Å²) in [5.74, 6) is -1.60. The number of carbonyl (C=O) groups is 2. The highest BCUT2D eigenvalue weighted by atomic mass is 32.2. The lowest BCUT2D eigenvalue weighted by Gasteiger charge is -2.13. The fourth-order valence-electron chi connectivity index (χ4n) is 2.04. The normalized spacial score (nSPS) is 19.8. The van der Waals surface area contributed by atoms with Crippen LogP contribution in [0.1, 0.15) is 39.0 Å². The maximum Gasteiger partial charge on any atom is 0.319 e. The minimum absolute atomic E-state index is 0.185. The van der Waals surface area contributed by atoms with Crippen molar-refractivity contribution in [1.29, 1.82) is 0 Å². The van der Waals surface area contributed by atoms with Gasteiger partial charge in [0.2, 0.25) is 5.91 Å². The van der Waals surface area contributed by atoms with Crippen LogP contribution in [-0.4, -0.2) is 38.2 Å². The second-order valence-electron chi connectivity index (χ2n) is 4.31. The van der Waals surface area contributed by atoms with Crippen molar-refractivity contribution in [3.63, 3.8) is 0 Å². The fraction of sp³-hybridized carbons (Fsp3) is 0.818. The molecule has 0 radical (unpaired) electrons. The van der Waals surface area contributed by atoms with Crippen LogP contribution >= 0.6 is 0 Å². The second kappa shape index (κ2) is 6.74. The van der Waals surface area contributed by atoms with Crippen LogP contribution in [0.25, 0.3) is 0 Å². The number of amides is 1. The molecular weight excluding hydrogens is 242 g/mol. The molecular formula is C11H19NO4S. The third-order valence-corrected chi connectivity index (χ3v) is 4.67. The highest BCUT2D eigenvalue weighted by molar-refractivity contribution is 7.87. The van der Waals surface area contributed by atoms with Gasteiger partial charge in [0.15, 0.2) is 0 Å². The smallest absolute Gasteiger partial charge is 0.319 e. The zero-order valence-electron chi connectivity index (χ0n) is 9.98. The first-order valence-corrected chi connectivity index (χ1v) is 7.32. The highest BCUT2D eigenvalue weighted by Crippen LogP contribution is 2.17. The molecule has 2 atom stereocenters. The molecule has 17 heavy (non-hydrogen) atoms. The van der Waals surface area contributed by atoms with Crippen LogP contribution in [0.4, 0.5) is 0 Å². The van der Waals surface area contributed by atoms with Crippen molar-refractivity contribution in [3.8, 4) is 0 Å². The maximum atomic E-state index is 11.7. The number of carboxylic acids is 1. The quantitative estimate of drug-likeness (QED) is 0.735. The fourth-order valence-corrected chi connectivity index (χ4v) is 3.18. The first-order chi connectivity index (χ1) is 8.04.